The molecule has 0 bridgehead atoms. The summed E-state index contributed by atoms with van der Waals surface area (Å²) >= 11 is 2.24. The Hall–Kier alpha value is -2.39. The molecule has 13 heteroatoms. The third-order valence-corrected chi connectivity index (χ3v) is 6.78. The molecule has 1 fully saturated rings. The number of hydrogen-bond acceptors (Lipinski definition) is 13. The predicted molar refractivity (Wildman–Crippen MR) is 111 cm³/mol. The van der Waals surface area contributed by atoms with Crippen LogP contribution in [-0.2, 0) is 4.74 Å². The Labute approximate surface area is 184 Å². The highest BCUT2D eigenvalue weighted by molar-refractivity contribution is 7.20. The lowest BCUT2D eigenvalue weighted by molar-refractivity contribution is -0.221. The molecular weight excluding hydrogens is 446 g/mol. The van der Waals surface area contributed by atoms with Crippen LogP contribution in [0.25, 0.3) is 10.7 Å². The van der Waals surface area contributed by atoms with E-state index < -0.39 is 37.3 Å². The zero-order chi connectivity index (χ0) is 22.1. The lowest BCUT2D eigenvalue weighted by Crippen LogP contribution is -2.60. The maximum atomic E-state index is 13.0. The van der Waals surface area contributed by atoms with Gasteiger partial charge in [0, 0.05) is 12.4 Å². The van der Waals surface area contributed by atoms with E-state index in [2.05, 4.69) is 25.3 Å². The first kappa shape index (κ1) is 21.8. The number of nitrogens with zero attached hydrogens (tertiary/aromatic N) is 4. The second kappa shape index (κ2) is 9.00. The Morgan fingerprint density at radius 1 is 1.13 bits per heavy atom. The maximum Gasteiger partial charge on any atom is 0.216 e. The molecule has 3 aromatic rings. The molecular formula is C18H19N5O6S2. The second-order valence-electron chi connectivity index (χ2n) is 6.78. The summed E-state index contributed by atoms with van der Waals surface area (Å²) in [4.78, 5) is 30.5. The molecule has 31 heavy (non-hydrogen) atoms. The number of aliphatic hydroxyl groups excluding tert-OH is 4. The van der Waals surface area contributed by atoms with Crippen LogP contribution < -0.4 is 5.32 Å². The number of hydrogen-bond donors (Lipinski definition) is 5. The number of nitrogens with one attached hydrogen (secondary N) is 1. The zero-order valence-electron chi connectivity index (χ0n) is 16.1. The smallest absolute Gasteiger partial charge is 0.216 e. The molecule has 3 unspecified atom stereocenters. The third-order valence-electron chi connectivity index (χ3n) is 4.67. The van der Waals surface area contributed by atoms with Gasteiger partial charge >= 0.3 is 0 Å². The number of rotatable bonds is 6. The SMILES string of the molecule is Cc1nc(-c2cnccn2)sc1C(=O)c1cnc(N[C@H]2OC(CO)[C@@H](O)C(O)C2O)s1. The Kier molecular flexibility index (Phi) is 6.34. The molecule has 3 aromatic heterocycles. The fourth-order valence-electron chi connectivity index (χ4n) is 3.03. The standard InChI is InChI=1S/C18H19N5O6S2/c1-7-15(31-17(22-7)8-4-19-2-3-20-8)12(26)10-5-21-18(30-10)23-16-14(28)13(27)11(25)9(6-24)29-16/h2-5,9,11,13-14,16,24-25,27-28H,6H2,1H3,(H,21,23)/t9?,11-,13?,14?,16+/m1/s1. The molecule has 0 radical (unpaired) electrons. The van der Waals surface area contributed by atoms with Gasteiger partial charge in [0.05, 0.1) is 34.4 Å². The molecule has 5 N–H and O–H groups in total. The Bertz CT molecular complexity index is 1060. The van der Waals surface area contributed by atoms with Crippen molar-refractivity contribution in [2.24, 2.45) is 0 Å². The summed E-state index contributed by atoms with van der Waals surface area (Å²) in [6, 6.07) is 0. The summed E-state index contributed by atoms with van der Waals surface area (Å²) in [5.74, 6) is -0.260. The van der Waals surface area contributed by atoms with Crippen LogP contribution in [-0.4, -0.2) is 83.4 Å². The number of carbonyl (C=O) groups is 1. The molecule has 1 saturated heterocycles. The first-order valence-electron chi connectivity index (χ1n) is 9.20. The van der Waals surface area contributed by atoms with E-state index in [4.69, 9.17) is 4.74 Å². The summed E-state index contributed by atoms with van der Waals surface area (Å²) in [6.45, 7) is 1.20. The van der Waals surface area contributed by atoms with Crippen molar-refractivity contribution in [3.63, 3.8) is 0 Å². The summed E-state index contributed by atoms with van der Waals surface area (Å²) in [7, 11) is 0. The van der Waals surface area contributed by atoms with Gasteiger partial charge in [0.1, 0.15) is 35.1 Å². The molecule has 4 rings (SSSR count). The molecule has 1 aliphatic heterocycles. The van der Waals surface area contributed by atoms with Gasteiger partial charge in [-0.15, -0.1) is 11.3 Å². The molecule has 0 aliphatic carbocycles. The monoisotopic (exact) mass is 465 g/mol. The van der Waals surface area contributed by atoms with Crippen molar-refractivity contribution in [3.05, 3.63) is 40.2 Å². The van der Waals surface area contributed by atoms with E-state index in [0.29, 0.717) is 26.1 Å². The fraction of sp³-hybridized carbons (Fsp3) is 0.389. The zero-order valence-corrected chi connectivity index (χ0v) is 17.7. The molecule has 0 amide bonds. The molecule has 5 atom stereocenters. The number of thiazole rings is 2. The van der Waals surface area contributed by atoms with Gasteiger partial charge in [-0.25, -0.2) is 9.97 Å². The molecule has 0 spiro atoms. The lowest BCUT2D eigenvalue weighted by atomic mass is 9.98. The predicted octanol–water partition coefficient (Wildman–Crippen LogP) is -0.192. The highest BCUT2D eigenvalue weighted by atomic mass is 32.1. The Balaban J connectivity index is 1.50. The average molecular weight is 466 g/mol. The minimum atomic E-state index is -1.51. The van der Waals surface area contributed by atoms with Gasteiger partial charge in [0.25, 0.3) is 0 Å². The topological polar surface area (TPSA) is 171 Å². The van der Waals surface area contributed by atoms with Gasteiger partial charge in [0.2, 0.25) is 5.78 Å². The average Bonchev–Trinajstić information content (AvgIpc) is 3.41. The van der Waals surface area contributed by atoms with Gasteiger partial charge in [-0.2, -0.15) is 0 Å². The van der Waals surface area contributed by atoms with E-state index in [0.717, 1.165) is 11.3 Å². The second-order valence-corrected chi connectivity index (χ2v) is 8.81. The Morgan fingerprint density at radius 3 is 2.65 bits per heavy atom. The van der Waals surface area contributed by atoms with E-state index in [9.17, 15) is 25.2 Å². The Morgan fingerprint density at radius 2 is 1.94 bits per heavy atom. The fourth-order valence-corrected chi connectivity index (χ4v) is 4.86. The van der Waals surface area contributed by atoms with Crippen LogP contribution in [0.5, 0.6) is 0 Å². The first-order chi connectivity index (χ1) is 14.9. The van der Waals surface area contributed by atoms with E-state index in [1.807, 2.05) is 0 Å². The van der Waals surface area contributed by atoms with Crippen LogP contribution in [0.3, 0.4) is 0 Å². The van der Waals surface area contributed by atoms with E-state index in [1.165, 1.54) is 17.5 Å². The number of aliphatic hydroxyl groups is 4. The van der Waals surface area contributed by atoms with Crippen molar-refractivity contribution < 1.29 is 30.0 Å². The number of aromatic nitrogens is 4. The third kappa shape index (κ3) is 4.34. The van der Waals surface area contributed by atoms with E-state index in [-0.39, 0.29) is 10.9 Å². The highest BCUT2D eigenvalue weighted by Crippen LogP contribution is 2.31. The molecule has 164 valence electrons. The van der Waals surface area contributed by atoms with Crippen LogP contribution in [0.15, 0.2) is 24.8 Å². The van der Waals surface area contributed by atoms with Crippen LogP contribution in [0.1, 0.15) is 20.2 Å². The minimum absolute atomic E-state index is 0.260. The summed E-state index contributed by atoms with van der Waals surface area (Å²) < 4.78 is 5.40. The first-order valence-corrected chi connectivity index (χ1v) is 10.8. The van der Waals surface area contributed by atoms with Crippen molar-refractivity contribution in [1.29, 1.82) is 0 Å². The van der Waals surface area contributed by atoms with Gasteiger partial charge in [0.15, 0.2) is 11.4 Å². The van der Waals surface area contributed by atoms with Gasteiger partial charge in [-0.05, 0) is 6.92 Å². The molecule has 4 heterocycles. The normalized spacial score (nSPS) is 26.0. The maximum absolute atomic E-state index is 13.0. The summed E-state index contributed by atoms with van der Waals surface area (Å²) in [5, 5.41) is 42.8. The number of ketones is 1. The minimum Gasteiger partial charge on any atom is -0.394 e. The van der Waals surface area contributed by atoms with Gasteiger partial charge in [-0.3, -0.25) is 14.8 Å². The molecule has 1 aliphatic rings. The van der Waals surface area contributed by atoms with E-state index in [1.54, 1.807) is 25.5 Å². The largest absolute Gasteiger partial charge is 0.394 e. The van der Waals surface area contributed by atoms with E-state index >= 15 is 0 Å². The van der Waals surface area contributed by atoms with Crippen LogP contribution in [0.2, 0.25) is 0 Å². The van der Waals surface area contributed by atoms with Crippen LogP contribution >= 0.6 is 22.7 Å². The highest BCUT2D eigenvalue weighted by Gasteiger charge is 2.43. The molecule has 11 nitrogen and oxygen atoms in total. The van der Waals surface area contributed by atoms with Crippen molar-refractivity contribution in [2.75, 3.05) is 11.9 Å². The lowest BCUT2D eigenvalue weighted by Gasteiger charge is -2.40. The molecule has 0 saturated carbocycles. The van der Waals surface area contributed by atoms with Crippen molar-refractivity contribution in [3.8, 4) is 10.7 Å². The number of carbonyl (C=O) groups excluding carboxylic acids is 1. The number of anilines is 1. The van der Waals surface area contributed by atoms with Gasteiger partial charge < -0.3 is 30.5 Å². The quantitative estimate of drug-likeness (QED) is 0.306. The van der Waals surface area contributed by atoms with Gasteiger partial charge in [-0.1, -0.05) is 11.3 Å². The number of aryl methyl sites for hydroxylation is 1. The molecule has 0 aromatic carbocycles. The van der Waals surface area contributed by atoms with Crippen molar-refractivity contribution >= 4 is 33.6 Å². The van der Waals surface area contributed by atoms with Crippen LogP contribution in [0, 0.1) is 6.92 Å². The van der Waals surface area contributed by atoms with Crippen molar-refractivity contribution in [2.45, 2.75) is 37.6 Å². The number of ether oxygens (including phenoxy) is 1. The van der Waals surface area contributed by atoms with Crippen LogP contribution in [0.4, 0.5) is 5.13 Å². The van der Waals surface area contributed by atoms with Crippen molar-refractivity contribution in [1.82, 2.24) is 19.9 Å². The summed E-state index contributed by atoms with van der Waals surface area (Å²) in [5.41, 5.74) is 1.14. The summed E-state index contributed by atoms with van der Waals surface area (Å²) in [6.07, 6.45) is -0.533.